The third-order valence-electron chi connectivity index (χ3n) is 11.4. The number of amides is 3. The molecule has 3 aliphatic rings. The fourth-order valence-corrected chi connectivity index (χ4v) is 8.24. The molecule has 302 valence electrons. The lowest BCUT2D eigenvalue weighted by atomic mass is 9.92. The summed E-state index contributed by atoms with van der Waals surface area (Å²) < 4.78 is 56.1. The maximum Gasteiger partial charge on any atom is 0.418 e. The van der Waals surface area contributed by atoms with E-state index in [0.717, 1.165) is 28.1 Å². The lowest BCUT2D eigenvalue weighted by Gasteiger charge is -2.38. The van der Waals surface area contributed by atoms with E-state index in [2.05, 4.69) is 15.5 Å². The minimum atomic E-state index is -4.62. The number of imide groups is 1. The summed E-state index contributed by atoms with van der Waals surface area (Å²) in [4.78, 5) is 55.7. The Labute approximate surface area is 328 Å². The number of carbonyl (C=O) groups excluding carboxylic acids is 3. The number of aromatic nitrogens is 1. The van der Waals surface area contributed by atoms with Crippen LogP contribution in [0.3, 0.4) is 0 Å². The number of alkyl halides is 3. The van der Waals surface area contributed by atoms with Crippen LogP contribution >= 0.6 is 0 Å². The number of pyridine rings is 1. The van der Waals surface area contributed by atoms with E-state index in [0.29, 0.717) is 82.0 Å². The third kappa shape index (κ3) is 8.58. The molecule has 4 heterocycles. The van der Waals surface area contributed by atoms with Crippen LogP contribution in [0.2, 0.25) is 0 Å². The maximum absolute atomic E-state index is 14.3. The molecule has 3 fully saturated rings. The van der Waals surface area contributed by atoms with Gasteiger partial charge in [0.25, 0.3) is 5.56 Å². The zero-order valence-corrected chi connectivity index (χ0v) is 32.3. The zero-order chi connectivity index (χ0) is 40.4. The van der Waals surface area contributed by atoms with Crippen LogP contribution in [0.1, 0.15) is 43.2 Å². The summed E-state index contributed by atoms with van der Waals surface area (Å²) in [5.41, 5.74) is 1.99. The van der Waals surface area contributed by atoms with Gasteiger partial charge in [-0.3, -0.25) is 29.4 Å². The van der Waals surface area contributed by atoms with Gasteiger partial charge in [0, 0.05) is 94.2 Å². The molecular weight excluding hydrogens is 741 g/mol. The Kier molecular flexibility index (Phi) is 11.5. The van der Waals surface area contributed by atoms with Gasteiger partial charge >= 0.3 is 6.18 Å². The van der Waals surface area contributed by atoms with Crippen LogP contribution < -0.4 is 30.6 Å². The molecule has 0 spiro atoms. The molecule has 3 amide bonds. The van der Waals surface area contributed by atoms with E-state index in [9.17, 15) is 32.3 Å². The van der Waals surface area contributed by atoms with Gasteiger partial charge in [-0.15, -0.1) is 0 Å². The molecule has 15 heteroatoms. The number of benzene rings is 3. The molecule has 0 saturated carbocycles. The standard InChI is InChI=1S/C42H47F3N6O6/c1-48-24-31(29-6-4-5-7-30(29)41(48)55)27-21-36(56-2)32(37(22-27)57-3)25-49-16-18-51(19-17-49)39(53)20-26-12-14-50(15-13-26)35-10-8-28(23-33(35)42(43,44)45)46-34-9-11-38(52)47-40(34)54/h4-8,10,21-24,26,34,46H,9,11-20,25H2,1-3H3,(H,47,52,54). The summed E-state index contributed by atoms with van der Waals surface area (Å²) >= 11 is 0. The highest BCUT2D eigenvalue weighted by Crippen LogP contribution is 2.41. The smallest absolute Gasteiger partial charge is 0.418 e. The van der Waals surface area contributed by atoms with Crippen molar-refractivity contribution in [3.63, 3.8) is 0 Å². The Balaban J connectivity index is 0.941. The van der Waals surface area contributed by atoms with Crippen molar-refractivity contribution in [1.82, 2.24) is 19.7 Å². The van der Waals surface area contributed by atoms with Crippen LogP contribution in [0.25, 0.3) is 21.9 Å². The summed E-state index contributed by atoms with van der Waals surface area (Å²) in [5.74, 6) is 0.482. The molecule has 3 aliphatic heterocycles. The molecular formula is C42H47F3N6O6. The molecule has 1 aromatic heterocycles. The molecule has 12 nitrogen and oxygen atoms in total. The van der Waals surface area contributed by atoms with Gasteiger partial charge in [-0.1, -0.05) is 18.2 Å². The second kappa shape index (κ2) is 16.5. The number of halogens is 3. The molecule has 3 aromatic carbocycles. The molecule has 0 aliphatic carbocycles. The number of ether oxygens (including phenoxy) is 2. The number of hydrogen-bond donors (Lipinski definition) is 2. The van der Waals surface area contributed by atoms with E-state index in [1.165, 1.54) is 12.1 Å². The number of nitrogens with zero attached hydrogens (tertiary/aromatic N) is 4. The van der Waals surface area contributed by atoms with Crippen LogP contribution in [0.4, 0.5) is 24.5 Å². The summed E-state index contributed by atoms with van der Waals surface area (Å²) in [5, 5.41) is 6.52. The molecule has 1 atom stereocenters. The van der Waals surface area contributed by atoms with Crippen LogP contribution in [0.5, 0.6) is 11.5 Å². The van der Waals surface area contributed by atoms with Crippen molar-refractivity contribution >= 4 is 39.9 Å². The number of nitrogens with one attached hydrogen (secondary N) is 2. The van der Waals surface area contributed by atoms with Crippen molar-refractivity contribution in [3.05, 3.63) is 82.3 Å². The SMILES string of the molecule is COc1cc(-c2cn(C)c(=O)c3ccccc23)cc(OC)c1CN1CCN(C(=O)CC2CCN(c3ccc(NC4CCC(=O)NC4=O)cc3C(F)(F)F)CC2)CC1. The number of piperidine rings is 2. The minimum Gasteiger partial charge on any atom is -0.496 e. The van der Waals surface area contributed by atoms with E-state index in [1.807, 2.05) is 47.5 Å². The molecule has 4 aromatic rings. The van der Waals surface area contributed by atoms with E-state index in [1.54, 1.807) is 30.7 Å². The van der Waals surface area contributed by atoms with Gasteiger partial charge in [0.15, 0.2) is 0 Å². The number of aryl methyl sites for hydroxylation is 1. The van der Waals surface area contributed by atoms with Crippen LogP contribution in [-0.4, -0.2) is 91.6 Å². The molecule has 57 heavy (non-hydrogen) atoms. The normalized spacial score (nSPS) is 18.5. The summed E-state index contributed by atoms with van der Waals surface area (Å²) in [6, 6.07) is 14.6. The lowest BCUT2D eigenvalue weighted by molar-refractivity contribution is -0.137. The quantitative estimate of drug-likeness (QED) is 0.203. The van der Waals surface area contributed by atoms with Crippen molar-refractivity contribution in [3.8, 4) is 22.6 Å². The van der Waals surface area contributed by atoms with Crippen molar-refractivity contribution in [2.45, 2.75) is 50.9 Å². The first-order valence-corrected chi connectivity index (χ1v) is 19.2. The number of carbonyl (C=O) groups is 3. The highest BCUT2D eigenvalue weighted by Gasteiger charge is 2.37. The van der Waals surface area contributed by atoms with Crippen LogP contribution in [0, 0.1) is 5.92 Å². The molecule has 0 radical (unpaired) electrons. The molecule has 2 N–H and O–H groups in total. The monoisotopic (exact) mass is 788 g/mol. The first-order chi connectivity index (χ1) is 27.3. The van der Waals surface area contributed by atoms with Crippen molar-refractivity contribution < 1.29 is 37.0 Å². The number of methoxy groups -OCH3 is 2. The fraction of sp³-hybridized carbons (Fsp3) is 0.429. The second-order valence-corrected chi connectivity index (χ2v) is 15.0. The average molecular weight is 789 g/mol. The Morgan fingerprint density at radius 3 is 2.18 bits per heavy atom. The lowest BCUT2D eigenvalue weighted by Crippen LogP contribution is -2.49. The number of anilines is 2. The highest BCUT2D eigenvalue weighted by atomic mass is 19.4. The van der Waals surface area contributed by atoms with E-state index in [4.69, 9.17) is 9.47 Å². The van der Waals surface area contributed by atoms with Gasteiger partial charge in [-0.2, -0.15) is 13.2 Å². The number of piperazine rings is 1. The Morgan fingerprint density at radius 2 is 1.54 bits per heavy atom. The third-order valence-corrected chi connectivity index (χ3v) is 11.4. The summed E-state index contributed by atoms with van der Waals surface area (Å²) in [6.45, 7) is 3.73. The number of fused-ring (bicyclic) bond motifs is 1. The fourth-order valence-electron chi connectivity index (χ4n) is 8.24. The van der Waals surface area contributed by atoms with Gasteiger partial charge in [0.1, 0.15) is 17.5 Å². The Morgan fingerprint density at radius 1 is 0.877 bits per heavy atom. The van der Waals surface area contributed by atoms with Crippen molar-refractivity contribution in [1.29, 1.82) is 0 Å². The minimum absolute atomic E-state index is 0.0527. The summed E-state index contributed by atoms with van der Waals surface area (Å²) in [7, 11) is 4.98. The Hall–Kier alpha value is -5.57. The maximum atomic E-state index is 14.3. The average Bonchev–Trinajstić information content (AvgIpc) is 3.20. The van der Waals surface area contributed by atoms with Gasteiger partial charge in [0.2, 0.25) is 17.7 Å². The van der Waals surface area contributed by atoms with E-state index in [-0.39, 0.29) is 41.6 Å². The van der Waals surface area contributed by atoms with Crippen LogP contribution in [0.15, 0.2) is 65.6 Å². The molecule has 7 rings (SSSR count). The van der Waals surface area contributed by atoms with E-state index >= 15 is 0 Å². The van der Waals surface area contributed by atoms with Crippen molar-refractivity contribution in [2.75, 3.05) is 63.7 Å². The van der Waals surface area contributed by atoms with Gasteiger partial charge in [-0.25, -0.2) is 0 Å². The first-order valence-electron chi connectivity index (χ1n) is 19.2. The van der Waals surface area contributed by atoms with Gasteiger partial charge in [0.05, 0.1) is 25.3 Å². The van der Waals surface area contributed by atoms with Crippen molar-refractivity contribution in [2.24, 2.45) is 13.0 Å². The second-order valence-electron chi connectivity index (χ2n) is 15.0. The Bertz CT molecular complexity index is 2200. The number of rotatable bonds is 10. The zero-order valence-electron chi connectivity index (χ0n) is 32.3. The topological polar surface area (TPSA) is 125 Å². The molecule has 3 saturated heterocycles. The summed E-state index contributed by atoms with van der Waals surface area (Å²) in [6.07, 6.45) is -0.957. The molecule has 0 bridgehead atoms. The largest absolute Gasteiger partial charge is 0.496 e. The number of hydrogen-bond acceptors (Lipinski definition) is 9. The van der Waals surface area contributed by atoms with Crippen LogP contribution in [-0.2, 0) is 34.2 Å². The van der Waals surface area contributed by atoms with Gasteiger partial charge in [-0.05, 0) is 72.5 Å². The predicted molar refractivity (Wildman–Crippen MR) is 210 cm³/mol. The first kappa shape index (κ1) is 39.7. The highest BCUT2D eigenvalue weighted by molar-refractivity contribution is 6.01. The predicted octanol–water partition coefficient (Wildman–Crippen LogP) is 5.41. The molecule has 1 unspecified atom stereocenters. The van der Waals surface area contributed by atoms with E-state index < -0.39 is 29.6 Å². The van der Waals surface area contributed by atoms with Gasteiger partial charge < -0.3 is 29.2 Å².